The van der Waals surface area contributed by atoms with Crippen LogP contribution in [0.4, 0.5) is 5.82 Å². The van der Waals surface area contributed by atoms with Crippen LogP contribution in [0.15, 0.2) is 15.9 Å². The molecule has 108 valence electrons. The predicted molar refractivity (Wildman–Crippen MR) is 70.4 cm³/mol. The van der Waals surface area contributed by atoms with Crippen molar-refractivity contribution < 1.29 is 4.79 Å². The summed E-state index contributed by atoms with van der Waals surface area (Å²) in [7, 11) is 2.61. The van der Waals surface area contributed by atoms with Gasteiger partial charge in [-0.3, -0.25) is 18.7 Å². The second kappa shape index (κ2) is 5.04. The molecule has 2 heterocycles. The van der Waals surface area contributed by atoms with Gasteiger partial charge in [0, 0.05) is 14.1 Å². The first-order valence-corrected chi connectivity index (χ1v) is 5.75. The van der Waals surface area contributed by atoms with Gasteiger partial charge in [-0.05, 0) is 0 Å². The number of aromatic nitrogens is 5. The zero-order valence-corrected chi connectivity index (χ0v) is 11.3. The second-order valence-electron chi connectivity index (χ2n) is 4.27. The Hall–Kier alpha value is -3.22. The molecule has 2 aromatic heterocycles. The van der Waals surface area contributed by atoms with E-state index in [9.17, 15) is 14.4 Å². The second-order valence-corrected chi connectivity index (χ2v) is 4.27. The van der Waals surface area contributed by atoms with Crippen molar-refractivity contribution in [2.24, 2.45) is 14.1 Å². The van der Waals surface area contributed by atoms with Crippen molar-refractivity contribution in [3.05, 3.63) is 38.6 Å². The van der Waals surface area contributed by atoms with E-state index in [0.29, 0.717) is 0 Å². The van der Waals surface area contributed by atoms with Crippen LogP contribution in [0.1, 0.15) is 16.2 Å². The van der Waals surface area contributed by atoms with Gasteiger partial charge in [-0.2, -0.15) is 5.26 Å². The Kier molecular flexibility index (Phi) is 3.41. The summed E-state index contributed by atoms with van der Waals surface area (Å²) in [4.78, 5) is 39.5. The number of nitriles is 1. The number of nitrogen functional groups attached to an aromatic ring is 1. The normalized spacial score (nSPS) is 10.3. The third-order valence-corrected chi connectivity index (χ3v) is 2.93. The van der Waals surface area contributed by atoms with Crippen molar-refractivity contribution in [2.45, 2.75) is 6.54 Å². The number of rotatable bonds is 3. The molecule has 0 aliphatic carbocycles. The lowest BCUT2D eigenvalue weighted by atomic mass is 10.2. The number of hydrogen-bond acceptors (Lipinski definition) is 7. The molecule has 0 aliphatic rings. The molecule has 0 aliphatic heterocycles. The number of hydrogen-bond donors (Lipinski definition) is 1. The van der Waals surface area contributed by atoms with E-state index < -0.39 is 17.0 Å². The van der Waals surface area contributed by atoms with Crippen LogP contribution in [0.25, 0.3) is 0 Å². The van der Waals surface area contributed by atoms with Crippen molar-refractivity contribution in [1.82, 2.24) is 23.9 Å². The van der Waals surface area contributed by atoms with Gasteiger partial charge in [-0.15, -0.1) is 5.10 Å². The summed E-state index contributed by atoms with van der Waals surface area (Å²) >= 11 is 0. The van der Waals surface area contributed by atoms with Gasteiger partial charge in [0.25, 0.3) is 11.4 Å². The number of anilines is 1. The van der Waals surface area contributed by atoms with Crippen LogP contribution < -0.4 is 17.0 Å². The molecule has 0 aromatic carbocycles. The molecule has 10 heteroatoms. The molecular formula is C11H11N7O3. The van der Waals surface area contributed by atoms with Crippen molar-refractivity contribution in [3.63, 3.8) is 0 Å². The lowest BCUT2D eigenvalue weighted by Crippen LogP contribution is -2.42. The number of ketones is 1. The van der Waals surface area contributed by atoms with Gasteiger partial charge >= 0.3 is 5.69 Å². The van der Waals surface area contributed by atoms with E-state index in [1.807, 2.05) is 0 Å². The third-order valence-electron chi connectivity index (χ3n) is 2.93. The molecular weight excluding hydrogens is 278 g/mol. The van der Waals surface area contributed by atoms with Gasteiger partial charge in [0.05, 0.1) is 0 Å². The minimum atomic E-state index is -0.777. The van der Waals surface area contributed by atoms with E-state index in [-0.39, 0.29) is 23.8 Å². The summed E-state index contributed by atoms with van der Waals surface area (Å²) in [5, 5.41) is 12.3. The van der Waals surface area contributed by atoms with Crippen LogP contribution >= 0.6 is 0 Å². The molecule has 0 saturated carbocycles. The van der Waals surface area contributed by atoms with Gasteiger partial charge in [0.2, 0.25) is 0 Å². The number of carbonyl (C=O) groups is 1. The fourth-order valence-corrected chi connectivity index (χ4v) is 1.77. The highest BCUT2D eigenvalue weighted by atomic mass is 16.2. The van der Waals surface area contributed by atoms with Crippen LogP contribution in [-0.4, -0.2) is 29.7 Å². The minimum Gasteiger partial charge on any atom is -0.384 e. The predicted octanol–water partition coefficient (Wildman–Crippen LogP) is -1.99. The SMILES string of the molecule is Cn1c(N)c(C(=O)Cn2cnc(C#N)n2)c(=O)n(C)c1=O. The van der Waals surface area contributed by atoms with Crippen molar-refractivity contribution in [3.8, 4) is 6.07 Å². The molecule has 2 aromatic rings. The van der Waals surface area contributed by atoms with Gasteiger partial charge < -0.3 is 5.73 Å². The number of nitrogens with zero attached hydrogens (tertiary/aromatic N) is 6. The summed E-state index contributed by atoms with van der Waals surface area (Å²) in [6, 6.07) is 1.72. The smallest absolute Gasteiger partial charge is 0.332 e. The van der Waals surface area contributed by atoms with E-state index in [1.165, 1.54) is 20.4 Å². The Labute approximate surface area is 117 Å². The van der Waals surface area contributed by atoms with Crippen LogP contribution in [0.2, 0.25) is 0 Å². The highest BCUT2D eigenvalue weighted by Crippen LogP contribution is 2.05. The molecule has 0 saturated heterocycles. The topological polar surface area (TPSA) is 142 Å². The summed E-state index contributed by atoms with van der Waals surface area (Å²) in [6.45, 7) is -0.313. The maximum atomic E-state index is 12.2. The minimum absolute atomic E-state index is 0.0934. The fraction of sp³-hybridized carbons (Fsp3) is 0.273. The third kappa shape index (κ3) is 2.32. The molecule has 2 N–H and O–H groups in total. The Morgan fingerprint density at radius 3 is 2.62 bits per heavy atom. The maximum absolute atomic E-state index is 12.2. The number of Topliss-reactive ketones (excluding diaryl/α,β-unsaturated/α-hetero) is 1. The molecule has 0 amide bonds. The zero-order valence-electron chi connectivity index (χ0n) is 11.3. The molecule has 0 radical (unpaired) electrons. The maximum Gasteiger partial charge on any atom is 0.332 e. The van der Waals surface area contributed by atoms with E-state index in [0.717, 1.165) is 13.8 Å². The van der Waals surface area contributed by atoms with E-state index in [1.54, 1.807) is 6.07 Å². The van der Waals surface area contributed by atoms with Gasteiger partial charge in [0.15, 0.2) is 5.78 Å². The van der Waals surface area contributed by atoms with Gasteiger partial charge in [-0.1, -0.05) is 0 Å². The lowest BCUT2D eigenvalue weighted by Gasteiger charge is -2.10. The van der Waals surface area contributed by atoms with E-state index >= 15 is 0 Å². The Balaban J connectivity index is 2.48. The highest BCUT2D eigenvalue weighted by molar-refractivity contribution is 5.99. The average molecular weight is 289 g/mol. The monoisotopic (exact) mass is 289 g/mol. The summed E-state index contributed by atoms with van der Waals surface area (Å²) in [5.74, 6) is -0.934. The van der Waals surface area contributed by atoms with E-state index in [4.69, 9.17) is 11.0 Å². The molecule has 0 unspecified atom stereocenters. The molecule has 10 nitrogen and oxygen atoms in total. The Bertz CT molecular complexity index is 881. The van der Waals surface area contributed by atoms with Gasteiger partial charge in [-0.25, -0.2) is 14.5 Å². The van der Waals surface area contributed by atoms with Crippen molar-refractivity contribution in [1.29, 1.82) is 5.26 Å². The summed E-state index contributed by atoms with van der Waals surface area (Å²) < 4.78 is 2.92. The Morgan fingerprint density at radius 1 is 1.38 bits per heavy atom. The average Bonchev–Trinajstić information content (AvgIpc) is 2.90. The molecule has 0 bridgehead atoms. The fourth-order valence-electron chi connectivity index (χ4n) is 1.77. The van der Waals surface area contributed by atoms with Crippen LogP contribution in [0.3, 0.4) is 0 Å². The quantitative estimate of drug-likeness (QED) is 0.644. The van der Waals surface area contributed by atoms with Crippen LogP contribution in [0, 0.1) is 11.3 Å². The number of carbonyl (C=O) groups excluding carboxylic acids is 1. The molecule has 2 rings (SSSR count). The van der Waals surface area contributed by atoms with E-state index in [2.05, 4.69) is 10.1 Å². The van der Waals surface area contributed by atoms with Crippen LogP contribution in [0.5, 0.6) is 0 Å². The molecule has 0 fully saturated rings. The highest BCUT2D eigenvalue weighted by Gasteiger charge is 2.20. The zero-order chi connectivity index (χ0) is 15.7. The lowest BCUT2D eigenvalue weighted by molar-refractivity contribution is 0.0965. The van der Waals surface area contributed by atoms with Gasteiger partial charge in [0.1, 0.15) is 30.3 Å². The summed E-state index contributed by atoms with van der Waals surface area (Å²) in [5.41, 5.74) is 3.97. The molecule has 0 atom stereocenters. The first-order valence-electron chi connectivity index (χ1n) is 5.75. The molecule has 21 heavy (non-hydrogen) atoms. The first kappa shape index (κ1) is 14.2. The van der Waals surface area contributed by atoms with Crippen molar-refractivity contribution >= 4 is 11.6 Å². The van der Waals surface area contributed by atoms with Crippen LogP contribution in [-0.2, 0) is 20.6 Å². The molecule has 0 spiro atoms. The standard InChI is InChI=1S/C11H11N7O3/c1-16-9(13)8(10(20)17(2)11(16)21)6(19)4-18-5-14-7(3-12)15-18/h5H,4,13H2,1-2H3. The first-order chi connectivity index (χ1) is 9.86. The van der Waals surface area contributed by atoms with Crippen molar-refractivity contribution in [2.75, 3.05) is 5.73 Å². The summed E-state index contributed by atoms with van der Waals surface area (Å²) in [6.07, 6.45) is 1.19. The Morgan fingerprint density at radius 2 is 2.05 bits per heavy atom. The number of nitrogens with two attached hydrogens (primary N) is 1. The largest absolute Gasteiger partial charge is 0.384 e.